The molecule has 8 heteroatoms. The standard InChI is InChI=1S/C22H18ClFN4O2/c1-12-10-18(25-21-14(12)6-4-9-17(21)30-3)28-19(11-13(2)27-28)26-22(29)20-15(23)7-5-8-16(20)24/h4-11H,1-3H3,(H,26,29). The second-order valence-electron chi connectivity index (χ2n) is 6.79. The molecule has 2 heterocycles. The highest BCUT2D eigenvalue weighted by Crippen LogP contribution is 2.29. The first-order chi connectivity index (χ1) is 14.4. The van der Waals surface area contributed by atoms with Crippen LogP contribution in [0.2, 0.25) is 5.02 Å². The molecule has 0 aliphatic carbocycles. The number of nitrogens with zero attached hydrogens (tertiary/aromatic N) is 3. The number of anilines is 1. The van der Waals surface area contributed by atoms with Crippen molar-refractivity contribution in [2.24, 2.45) is 0 Å². The number of halogens is 2. The molecule has 0 unspecified atom stereocenters. The maximum absolute atomic E-state index is 14.1. The van der Waals surface area contributed by atoms with Crippen LogP contribution in [0, 0.1) is 19.7 Å². The van der Waals surface area contributed by atoms with Crippen LogP contribution >= 0.6 is 11.6 Å². The summed E-state index contributed by atoms with van der Waals surface area (Å²) >= 11 is 6.02. The van der Waals surface area contributed by atoms with Gasteiger partial charge < -0.3 is 10.1 Å². The van der Waals surface area contributed by atoms with Gasteiger partial charge in [-0.25, -0.2) is 9.37 Å². The van der Waals surface area contributed by atoms with E-state index in [-0.39, 0.29) is 10.6 Å². The fraction of sp³-hybridized carbons (Fsp3) is 0.136. The monoisotopic (exact) mass is 424 g/mol. The van der Waals surface area contributed by atoms with Crippen molar-refractivity contribution in [3.63, 3.8) is 0 Å². The Labute approximate surface area is 177 Å². The molecule has 1 N–H and O–H groups in total. The van der Waals surface area contributed by atoms with E-state index in [1.165, 1.54) is 22.9 Å². The van der Waals surface area contributed by atoms with Gasteiger partial charge in [-0.3, -0.25) is 4.79 Å². The van der Waals surface area contributed by atoms with Crippen molar-refractivity contribution < 1.29 is 13.9 Å². The number of nitrogens with one attached hydrogen (secondary N) is 1. The summed E-state index contributed by atoms with van der Waals surface area (Å²) in [5.41, 5.74) is 2.08. The number of hydrogen-bond acceptors (Lipinski definition) is 4. The Balaban J connectivity index is 1.80. The summed E-state index contributed by atoms with van der Waals surface area (Å²) in [4.78, 5) is 17.4. The smallest absolute Gasteiger partial charge is 0.261 e. The van der Waals surface area contributed by atoms with E-state index in [2.05, 4.69) is 10.4 Å². The van der Waals surface area contributed by atoms with Crippen LogP contribution in [0.25, 0.3) is 16.7 Å². The van der Waals surface area contributed by atoms with Crippen molar-refractivity contribution in [2.75, 3.05) is 12.4 Å². The highest BCUT2D eigenvalue weighted by Gasteiger charge is 2.19. The van der Waals surface area contributed by atoms with E-state index >= 15 is 0 Å². The molecule has 0 saturated heterocycles. The molecule has 2 aromatic carbocycles. The number of rotatable bonds is 4. The predicted octanol–water partition coefficient (Wildman–Crippen LogP) is 5.09. The number of aromatic nitrogens is 3. The molecule has 0 spiro atoms. The van der Waals surface area contributed by atoms with Gasteiger partial charge in [0.2, 0.25) is 0 Å². The molecule has 0 radical (unpaired) electrons. The van der Waals surface area contributed by atoms with E-state index in [1.54, 1.807) is 20.1 Å². The lowest BCUT2D eigenvalue weighted by molar-refractivity contribution is 0.102. The molecule has 0 atom stereocenters. The number of benzene rings is 2. The second-order valence-corrected chi connectivity index (χ2v) is 7.19. The lowest BCUT2D eigenvalue weighted by atomic mass is 10.1. The number of pyridine rings is 1. The molecule has 0 saturated carbocycles. The molecule has 4 rings (SSSR count). The van der Waals surface area contributed by atoms with Gasteiger partial charge in [0, 0.05) is 11.5 Å². The van der Waals surface area contributed by atoms with Gasteiger partial charge in [0.1, 0.15) is 22.9 Å². The highest BCUT2D eigenvalue weighted by molar-refractivity contribution is 6.34. The molecule has 0 aliphatic rings. The molecule has 30 heavy (non-hydrogen) atoms. The van der Waals surface area contributed by atoms with E-state index in [0.29, 0.717) is 28.6 Å². The molecule has 1 amide bonds. The molecule has 0 bridgehead atoms. The van der Waals surface area contributed by atoms with Gasteiger partial charge in [0.05, 0.1) is 23.4 Å². The molecule has 6 nitrogen and oxygen atoms in total. The summed E-state index contributed by atoms with van der Waals surface area (Å²) in [5, 5.41) is 8.11. The first kappa shape index (κ1) is 19.8. The third-order valence-electron chi connectivity index (χ3n) is 4.70. The minimum absolute atomic E-state index is 0.0275. The Hall–Kier alpha value is -3.45. The number of methoxy groups -OCH3 is 1. The number of amides is 1. The highest BCUT2D eigenvalue weighted by atomic mass is 35.5. The summed E-state index contributed by atoms with van der Waals surface area (Å²) in [7, 11) is 1.58. The van der Waals surface area contributed by atoms with Gasteiger partial charge in [-0.1, -0.05) is 29.8 Å². The van der Waals surface area contributed by atoms with Gasteiger partial charge in [-0.05, 0) is 43.7 Å². The lowest BCUT2D eigenvalue weighted by Crippen LogP contribution is -2.17. The molecule has 0 aliphatic heterocycles. The normalized spacial score (nSPS) is 11.0. The zero-order valence-corrected chi connectivity index (χ0v) is 17.3. The number of fused-ring (bicyclic) bond motifs is 1. The first-order valence-corrected chi connectivity index (χ1v) is 9.53. The van der Waals surface area contributed by atoms with Crippen LogP contribution in [0.3, 0.4) is 0 Å². The minimum Gasteiger partial charge on any atom is -0.494 e. The van der Waals surface area contributed by atoms with Crippen LogP contribution in [-0.2, 0) is 0 Å². The fourth-order valence-electron chi connectivity index (χ4n) is 3.30. The van der Waals surface area contributed by atoms with E-state index < -0.39 is 11.7 Å². The quantitative estimate of drug-likeness (QED) is 0.495. The molecule has 152 valence electrons. The summed E-state index contributed by atoms with van der Waals surface area (Å²) in [6.07, 6.45) is 0. The zero-order chi connectivity index (χ0) is 21.4. The minimum atomic E-state index is -0.702. The van der Waals surface area contributed by atoms with Gasteiger partial charge in [0.25, 0.3) is 5.91 Å². The number of ether oxygens (including phenoxy) is 1. The lowest BCUT2D eigenvalue weighted by Gasteiger charge is -2.12. The van der Waals surface area contributed by atoms with Crippen molar-refractivity contribution >= 4 is 34.2 Å². The van der Waals surface area contributed by atoms with Crippen molar-refractivity contribution in [3.8, 4) is 11.6 Å². The molecule has 2 aromatic heterocycles. The van der Waals surface area contributed by atoms with E-state index in [9.17, 15) is 9.18 Å². The molecular formula is C22H18ClFN4O2. The summed E-state index contributed by atoms with van der Waals surface area (Å²) in [6.45, 7) is 3.75. The molecule has 0 fully saturated rings. The maximum atomic E-state index is 14.1. The number of aryl methyl sites for hydroxylation is 2. The van der Waals surface area contributed by atoms with Crippen LogP contribution < -0.4 is 10.1 Å². The second kappa shape index (κ2) is 7.76. The van der Waals surface area contributed by atoms with Crippen molar-refractivity contribution in [2.45, 2.75) is 13.8 Å². The van der Waals surface area contributed by atoms with Crippen molar-refractivity contribution in [1.82, 2.24) is 14.8 Å². The predicted molar refractivity (Wildman–Crippen MR) is 114 cm³/mol. The fourth-order valence-corrected chi connectivity index (χ4v) is 3.55. The van der Waals surface area contributed by atoms with Crippen LogP contribution in [0.1, 0.15) is 21.6 Å². The maximum Gasteiger partial charge on any atom is 0.261 e. The van der Waals surface area contributed by atoms with E-state index in [0.717, 1.165) is 10.9 Å². The molecular weight excluding hydrogens is 407 g/mol. The molecule has 4 aromatic rings. The van der Waals surface area contributed by atoms with Gasteiger partial charge >= 0.3 is 0 Å². The van der Waals surface area contributed by atoms with Gasteiger partial charge in [-0.2, -0.15) is 9.78 Å². The first-order valence-electron chi connectivity index (χ1n) is 9.16. The summed E-state index contributed by atoms with van der Waals surface area (Å²) in [5.74, 6) is 0.0945. The number of para-hydroxylation sites is 1. The van der Waals surface area contributed by atoms with Crippen LogP contribution in [-0.4, -0.2) is 27.8 Å². The Morgan fingerprint density at radius 3 is 2.67 bits per heavy atom. The third kappa shape index (κ3) is 3.48. The number of hydrogen-bond donors (Lipinski definition) is 1. The van der Waals surface area contributed by atoms with Gasteiger partial charge in [-0.15, -0.1) is 0 Å². The Morgan fingerprint density at radius 1 is 1.17 bits per heavy atom. The third-order valence-corrected chi connectivity index (χ3v) is 5.01. The zero-order valence-electron chi connectivity index (χ0n) is 16.5. The number of carbonyl (C=O) groups excluding carboxylic acids is 1. The largest absolute Gasteiger partial charge is 0.494 e. The van der Waals surface area contributed by atoms with Crippen LogP contribution in [0.4, 0.5) is 10.2 Å². The van der Waals surface area contributed by atoms with Crippen LogP contribution in [0.15, 0.2) is 48.5 Å². The Kier molecular flexibility index (Phi) is 5.13. The van der Waals surface area contributed by atoms with E-state index in [1.807, 2.05) is 31.2 Å². The summed E-state index contributed by atoms with van der Waals surface area (Å²) in [6, 6.07) is 13.3. The average Bonchev–Trinajstić information content (AvgIpc) is 3.07. The topological polar surface area (TPSA) is 69.0 Å². The average molecular weight is 425 g/mol. The number of carbonyl (C=O) groups is 1. The Bertz CT molecular complexity index is 1270. The van der Waals surface area contributed by atoms with Gasteiger partial charge in [0.15, 0.2) is 5.82 Å². The van der Waals surface area contributed by atoms with Crippen molar-refractivity contribution in [3.05, 3.63) is 76.2 Å². The van der Waals surface area contributed by atoms with Crippen LogP contribution in [0.5, 0.6) is 5.75 Å². The summed E-state index contributed by atoms with van der Waals surface area (Å²) < 4.78 is 21.1. The SMILES string of the molecule is COc1cccc2c(C)cc(-n3nc(C)cc3NC(=O)c3c(F)cccc3Cl)nc12. The van der Waals surface area contributed by atoms with Crippen molar-refractivity contribution in [1.29, 1.82) is 0 Å². The Morgan fingerprint density at radius 2 is 1.93 bits per heavy atom. The van der Waals surface area contributed by atoms with E-state index in [4.69, 9.17) is 21.3 Å².